The summed E-state index contributed by atoms with van der Waals surface area (Å²) >= 11 is 5.86. The van der Waals surface area contributed by atoms with Gasteiger partial charge < -0.3 is 19.8 Å². The lowest BCUT2D eigenvalue weighted by atomic mass is 10.1. The standard InChI is InChI=1S/C22H18ClN3O6/c1-31-21(29)13-7-14(22(30)32-2)9-17(8-13)25-18(27)10-15-11-24-19(26-20(15)28)12-3-5-16(23)6-4-12/h3-9,11H,10H2,1-2H3,(H,25,27)(H,24,26,28). The Hall–Kier alpha value is -3.98. The molecule has 0 saturated heterocycles. The molecule has 0 spiro atoms. The van der Waals surface area contributed by atoms with Crippen LogP contribution in [-0.2, 0) is 20.7 Å². The van der Waals surface area contributed by atoms with E-state index in [1.807, 2.05) is 0 Å². The van der Waals surface area contributed by atoms with Gasteiger partial charge in [-0.3, -0.25) is 9.59 Å². The van der Waals surface area contributed by atoms with Crippen molar-refractivity contribution in [1.82, 2.24) is 9.97 Å². The van der Waals surface area contributed by atoms with Crippen molar-refractivity contribution >= 4 is 35.1 Å². The van der Waals surface area contributed by atoms with E-state index < -0.39 is 23.4 Å². The van der Waals surface area contributed by atoms with Crippen molar-refractivity contribution in [2.24, 2.45) is 0 Å². The number of hydrogen-bond donors (Lipinski definition) is 2. The molecule has 10 heteroatoms. The molecule has 0 atom stereocenters. The smallest absolute Gasteiger partial charge is 0.337 e. The minimum atomic E-state index is -0.690. The molecule has 0 radical (unpaired) electrons. The van der Waals surface area contributed by atoms with Crippen LogP contribution in [-0.4, -0.2) is 42.0 Å². The van der Waals surface area contributed by atoms with Gasteiger partial charge >= 0.3 is 11.9 Å². The van der Waals surface area contributed by atoms with Gasteiger partial charge in [0.15, 0.2) is 0 Å². The van der Waals surface area contributed by atoms with Crippen molar-refractivity contribution in [2.45, 2.75) is 6.42 Å². The second-order valence-electron chi connectivity index (χ2n) is 6.60. The number of carbonyl (C=O) groups is 3. The number of hydrogen-bond acceptors (Lipinski definition) is 7. The Kier molecular flexibility index (Phi) is 7.01. The molecule has 9 nitrogen and oxygen atoms in total. The molecular weight excluding hydrogens is 438 g/mol. The first-order valence-corrected chi connectivity index (χ1v) is 9.64. The number of nitrogens with zero attached hydrogens (tertiary/aromatic N) is 1. The van der Waals surface area contributed by atoms with E-state index in [-0.39, 0.29) is 28.8 Å². The molecule has 2 aromatic carbocycles. The Morgan fingerprint density at radius 2 is 1.59 bits per heavy atom. The molecule has 0 aliphatic carbocycles. The first kappa shape index (κ1) is 22.7. The number of carbonyl (C=O) groups excluding carboxylic acids is 3. The van der Waals surface area contributed by atoms with Crippen molar-refractivity contribution < 1.29 is 23.9 Å². The lowest BCUT2D eigenvalue weighted by Crippen LogP contribution is -2.22. The number of H-pyrrole nitrogens is 1. The van der Waals surface area contributed by atoms with Gasteiger partial charge in [-0.1, -0.05) is 11.6 Å². The van der Waals surface area contributed by atoms with Gasteiger partial charge in [-0.05, 0) is 42.5 Å². The summed E-state index contributed by atoms with van der Waals surface area (Å²) in [5.41, 5.74) is 0.601. The van der Waals surface area contributed by atoms with E-state index in [2.05, 4.69) is 24.8 Å². The minimum absolute atomic E-state index is 0.0533. The van der Waals surface area contributed by atoms with E-state index in [1.165, 1.54) is 38.6 Å². The molecule has 32 heavy (non-hydrogen) atoms. The second-order valence-corrected chi connectivity index (χ2v) is 7.04. The first-order valence-electron chi connectivity index (χ1n) is 9.26. The van der Waals surface area contributed by atoms with Gasteiger partial charge in [0.2, 0.25) is 5.91 Å². The summed E-state index contributed by atoms with van der Waals surface area (Å²) < 4.78 is 9.33. The summed E-state index contributed by atoms with van der Waals surface area (Å²) in [7, 11) is 2.39. The topological polar surface area (TPSA) is 127 Å². The lowest BCUT2D eigenvalue weighted by molar-refractivity contribution is -0.115. The van der Waals surface area contributed by atoms with E-state index in [9.17, 15) is 19.2 Å². The Labute approximate surface area is 187 Å². The fourth-order valence-corrected chi connectivity index (χ4v) is 2.98. The summed E-state index contributed by atoms with van der Waals surface area (Å²) in [6.45, 7) is 0. The highest BCUT2D eigenvalue weighted by Gasteiger charge is 2.16. The number of halogens is 1. The summed E-state index contributed by atoms with van der Waals surface area (Å²) in [4.78, 5) is 55.5. The zero-order valence-electron chi connectivity index (χ0n) is 17.1. The number of ether oxygens (including phenoxy) is 2. The predicted octanol–water partition coefficient (Wildman–Crippen LogP) is 2.84. The fraction of sp³-hybridized carbons (Fsp3) is 0.136. The number of amides is 1. The van der Waals surface area contributed by atoms with Crippen LogP contribution in [0.2, 0.25) is 5.02 Å². The monoisotopic (exact) mass is 455 g/mol. The van der Waals surface area contributed by atoms with E-state index >= 15 is 0 Å². The van der Waals surface area contributed by atoms with Gasteiger partial charge in [0, 0.05) is 28.0 Å². The van der Waals surface area contributed by atoms with Crippen LogP contribution in [0.25, 0.3) is 11.4 Å². The van der Waals surface area contributed by atoms with Crippen molar-refractivity contribution in [3.8, 4) is 11.4 Å². The van der Waals surface area contributed by atoms with E-state index in [1.54, 1.807) is 24.3 Å². The number of esters is 2. The molecule has 0 saturated carbocycles. The molecule has 0 unspecified atom stereocenters. The number of benzene rings is 2. The third-order valence-corrected chi connectivity index (χ3v) is 4.65. The number of methoxy groups -OCH3 is 2. The molecular formula is C22H18ClN3O6. The van der Waals surface area contributed by atoms with Crippen LogP contribution in [0.15, 0.2) is 53.5 Å². The molecule has 0 bridgehead atoms. The normalized spacial score (nSPS) is 10.3. The van der Waals surface area contributed by atoms with Gasteiger partial charge in [-0.2, -0.15) is 0 Å². The summed E-state index contributed by atoms with van der Waals surface area (Å²) in [6.07, 6.45) is 1.03. The highest BCUT2D eigenvalue weighted by atomic mass is 35.5. The molecule has 1 amide bonds. The van der Waals surface area contributed by atoms with Crippen LogP contribution in [0.5, 0.6) is 0 Å². The number of nitrogens with one attached hydrogen (secondary N) is 2. The van der Waals surface area contributed by atoms with Crippen LogP contribution < -0.4 is 10.9 Å². The summed E-state index contributed by atoms with van der Waals surface area (Å²) in [5.74, 6) is -1.59. The highest BCUT2D eigenvalue weighted by Crippen LogP contribution is 2.18. The average Bonchev–Trinajstić information content (AvgIpc) is 2.79. The number of anilines is 1. The van der Waals surface area contributed by atoms with Gasteiger partial charge in [-0.15, -0.1) is 0 Å². The van der Waals surface area contributed by atoms with Crippen LogP contribution in [0.1, 0.15) is 26.3 Å². The van der Waals surface area contributed by atoms with Gasteiger partial charge in [0.05, 0.1) is 31.8 Å². The number of rotatable bonds is 6. The van der Waals surface area contributed by atoms with Crippen molar-refractivity contribution in [2.75, 3.05) is 19.5 Å². The van der Waals surface area contributed by atoms with Crippen molar-refractivity contribution in [3.05, 3.63) is 80.7 Å². The Morgan fingerprint density at radius 1 is 1.00 bits per heavy atom. The Morgan fingerprint density at radius 3 is 2.12 bits per heavy atom. The minimum Gasteiger partial charge on any atom is -0.465 e. The van der Waals surface area contributed by atoms with Gasteiger partial charge in [0.1, 0.15) is 5.82 Å². The maximum Gasteiger partial charge on any atom is 0.337 e. The highest BCUT2D eigenvalue weighted by molar-refractivity contribution is 6.30. The number of aromatic nitrogens is 2. The average molecular weight is 456 g/mol. The third-order valence-electron chi connectivity index (χ3n) is 4.40. The van der Waals surface area contributed by atoms with Crippen LogP contribution in [0.4, 0.5) is 5.69 Å². The van der Waals surface area contributed by atoms with Crippen LogP contribution >= 0.6 is 11.6 Å². The zero-order valence-corrected chi connectivity index (χ0v) is 17.9. The summed E-state index contributed by atoms with van der Waals surface area (Å²) in [5, 5.41) is 3.11. The SMILES string of the molecule is COC(=O)c1cc(NC(=O)Cc2cnc(-c3ccc(Cl)cc3)[nH]c2=O)cc(C(=O)OC)c1. The Bertz CT molecular complexity index is 1200. The van der Waals surface area contributed by atoms with Crippen LogP contribution in [0.3, 0.4) is 0 Å². The second kappa shape index (κ2) is 9.88. The maximum atomic E-state index is 12.5. The molecule has 2 N–H and O–H groups in total. The first-order chi connectivity index (χ1) is 15.3. The number of aromatic amines is 1. The molecule has 3 rings (SSSR count). The van der Waals surface area contributed by atoms with E-state index in [0.29, 0.717) is 16.4 Å². The van der Waals surface area contributed by atoms with E-state index in [0.717, 1.165) is 0 Å². The summed E-state index contributed by atoms with van der Waals surface area (Å²) in [6, 6.07) is 10.7. The lowest BCUT2D eigenvalue weighted by Gasteiger charge is -2.10. The molecule has 1 aromatic heterocycles. The zero-order chi connectivity index (χ0) is 23.3. The fourth-order valence-electron chi connectivity index (χ4n) is 2.85. The third kappa shape index (κ3) is 5.38. The Balaban J connectivity index is 1.79. The molecule has 164 valence electrons. The van der Waals surface area contributed by atoms with Crippen molar-refractivity contribution in [3.63, 3.8) is 0 Å². The quantitative estimate of drug-likeness (QED) is 0.547. The molecule has 0 aliphatic rings. The molecule has 0 fully saturated rings. The molecule has 1 heterocycles. The van der Waals surface area contributed by atoms with Crippen molar-refractivity contribution in [1.29, 1.82) is 0 Å². The van der Waals surface area contributed by atoms with Gasteiger partial charge in [0.25, 0.3) is 5.56 Å². The molecule has 0 aliphatic heterocycles. The van der Waals surface area contributed by atoms with Crippen LogP contribution in [0, 0.1) is 0 Å². The predicted molar refractivity (Wildman–Crippen MR) is 117 cm³/mol. The van der Waals surface area contributed by atoms with E-state index in [4.69, 9.17) is 11.6 Å². The molecule has 3 aromatic rings. The van der Waals surface area contributed by atoms with Gasteiger partial charge in [-0.25, -0.2) is 14.6 Å². The maximum absolute atomic E-state index is 12.5. The largest absolute Gasteiger partial charge is 0.465 e.